The van der Waals surface area contributed by atoms with Crippen LogP contribution in [0.5, 0.6) is 11.5 Å². The highest BCUT2D eigenvalue weighted by Gasteiger charge is 2.31. The number of hydrogen-bond donors (Lipinski definition) is 1. The lowest BCUT2D eigenvalue weighted by Crippen LogP contribution is -2.17. The van der Waals surface area contributed by atoms with Crippen molar-refractivity contribution >= 4 is 5.97 Å². The third-order valence-electron chi connectivity index (χ3n) is 5.57. The molecule has 0 bridgehead atoms. The van der Waals surface area contributed by atoms with E-state index in [1.54, 1.807) is 18.3 Å². The Morgan fingerprint density at radius 3 is 2.51 bits per heavy atom. The third kappa shape index (κ3) is 7.77. The predicted molar refractivity (Wildman–Crippen MR) is 126 cm³/mol. The molecule has 0 aliphatic heterocycles. The first-order valence-corrected chi connectivity index (χ1v) is 11.3. The summed E-state index contributed by atoms with van der Waals surface area (Å²) in [6, 6.07) is 11.5. The number of carboxylic acids is 1. The minimum Gasteiger partial charge on any atom is -0.493 e. The maximum atomic E-state index is 12.5. The number of carboxylic acid groups (broad SMARTS) is 1. The lowest BCUT2D eigenvalue weighted by atomic mass is 10.0. The fraction of sp³-hybridized carbons (Fsp3) is 0.385. The Bertz CT molecular complexity index is 1140. The smallest absolute Gasteiger partial charge is 0.493 e. The first-order valence-electron chi connectivity index (χ1n) is 11.3. The Labute approximate surface area is 202 Å². The van der Waals surface area contributed by atoms with E-state index < -0.39 is 12.3 Å². The molecule has 0 spiro atoms. The highest BCUT2D eigenvalue weighted by atomic mass is 19.4. The Kier molecular flexibility index (Phi) is 8.43. The van der Waals surface area contributed by atoms with Gasteiger partial charge in [-0.1, -0.05) is 24.6 Å². The SMILES string of the molecule is Cc1ccc(OCCC[C@@H](C)CC(=O)O)c(Cn2c(C)cnc2-c2ccc(OC(F)(F)F)cc2)c1. The second kappa shape index (κ2) is 11.3. The van der Waals surface area contributed by atoms with Crippen molar-refractivity contribution in [3.05, 3.63) is 65.5 Å². The van der Waals surface area contributed by atoms with Gasteiger partial charge in [0.15, 0.2) is 0 Å². The first kappa shape index (κ1) is 26.1. The van der Waals surface area contributed by atoms with Gasteiger partial charge in [0, 0.05) is 29.4 Å². The molecule has 0 aliphatic carbocycles. The van der Waals surface area contributed by atoms with E-state index in [0.29, 0.717) is 24.5 Å². The maximum absolute atomic E-state index is 12.5. The van der Waals surface area contributed by atoms with E-state index in [0.717, 1.165) is 35.4 Å². The number of ether oxygens (including phenoxy) is 2. The van der Waals surface area contributed by atoms with Crippen LogP contribution in [0.2, 0.25) is 0 Å². The number of aryl methyl sites for hydroxylation is 2. The summed E-state index contributed by atoms with van der Waals surface area (Å²) in [5.41, 5.74) is 3.57. The summed E-state index contributed by atoms with van der Waals surface area (Å²) in [7, 11) is 0. The van der Waals surface area contributed by atoms with Gasteiger partial charge >= 0.3 is 12.3 Å². The van der Waals surface area contributed by atoms with Crippen molar-refractivity contribution in [2.75, 3.05) is 6.61 Å². The lowest BCUT2D eigenvalue weighted by Gasteiger charge is -2.16. The van der Waals surface area contributed by atoms with Gasteiger partial charge in [0.2, 0.25) is 0 Å². The fourth-order valence-electron chi connectivity index (χ4n) is 3.85. The number of imidazole rings is 1. The van der Waals surface area contributed by atoms with Gasteiger partial charge in [-0.3, -0.25) is 4.79 Å². The van der Waals surface area contributed by atoms with Gasteiger partial charge in [0.05, 0.1) is 13.2 Å². The molecule has 0 fully saturated rings. The molecule has 0 aliphatic rings. The van der Waals surface area contributed by atoms with E-state index in [1.807, 2.05) is 43.5 Å². The highest BCUT2D eigenvalue weighted by Crippen LogP contribution is 2.29. The average Bonchev–Trinajstić information content (AvgIpc) is 3.11. The van der Waals surface area contributed by atoms with Crippen molar-refractivity contribution in [1.82, 2.24) is 9.55 Å². The van der Waals surface area contributed by atoms with Crippen LogP contribution in [0.4, 0.5) is 13.2 Å². The molecule has 2 aromatic carbocycles. The minimum atomic E-state index is -4.74. The molecule has 0 amide bonds. The van der Waals surface area contributed by atoms with Crippen LogP contribution in [0.25, 0.3) is 11.4 Å². The number of aliphatic carboxylic acids is 1. The molecule has 1 atom stereocenters. The monoisotopic (exact) mass is 490 g/mol. The molecule has 1 N–H and O–H groups in total. The number of aromatic nitrogens is 2. The van der Waals surface area contributed by atoms with Crippen LogP contribution in [-0.4, -0.2) is 33.6 Å². The number of hydrogen-bond acceptors (Lipinski definition) is 4. The summed E-state index contributed by atoms with van der Waals surface area (Å²) < 4.78 is 49.4. The molecule has 3 rings (SSSR count). The van der Waals surface area contributed by atoms with Crippen LogP contribution >= 0.6 is 0 Å². The standard InChI is InChI=1S/C26H29F3N2O4/c1-17(14-24(32)33)5-4-12-34-23-11-6-18(2)13-21(23)16-31-19(3)15-30-25(31)20-7-9-22(10-8-20)35-26(27,28)29/h6-11,13,15,17H,4-5,12,14,16H2,1-3H3,(H,32,33)/t17-/m1/s1. The van der Waals surface area contributed by atoms with Crippen LogP contribution < -0.4 is 9.47 Å². The molecule has 1 aromatic heterocycles. The first-order chi connectivity index (χ1) is 16.5. The average molecular weight is 491 g/mol. The molecule has 0 radical (unpaired) electrons. The van der Waals surface area contributed by atoms with Crippen LogP contribution in [-0.2, 0) is 11.3 Å². The number of rotatable bonds is 11. The van der Waals surface area contributed by atoms with Crippen molar-refractivity contribution in [3.8, 4) is 22.9 Å². The van der Waals surface area contributed by atoms with E-state index in [4.69, 9.17) is 9.84 Å². The molecule has 9 heteroatoms. The number of benzene rings is 2. The largest absolute Gasteiger partial charge is 0.573 e. The van der Waals surface area contributed by atoms with Gasteiger partial charge in [0.1, 0.15) is 17.3 Å². The Balaban J connectivity index is 1.74. The Morgan fingerprint density at radius 1 is 1.14 bits per heavy atom. The predicted octanol–water partition coefficient (Wildman–Crippen LogP) is 6.38. The van der Waals surface area contributed by atoms with Crippen LogP contribution in [0, 0.1) is 19.8 Å². The number of halogens is 3. The quantitative estimate of drug-likeness (QED) is 0.316. The van der Waals surface area contributed by atoms with Gasteiger partial charge in [0.25, 0.3) is 0 Å². The molecule has 188 valence electrons. The van der Waals surface area contributed by atoms with Crippen molar-refractivity contribution in [3.63, 3.8) is 0 Å². The second-order valence-corrected chi connectivity index (χ2v) is 8.69. The molecule has 3 aromatic rings. The van der Waals surface area contributed by atoms with Crippen molar-refractivity contribution in [1.29, 1.82) is 0 Å². The van der Waals surface area contributed by atoms with E-state index >= 15 is 0 Å². The van der Waals surface area contributed by atoms with Crippen LogP contribution in [0.15, 0.2) is 48.7 Å². The topological polar surface area (TPSA) is 73.6 Å². The van der Waals surface area contributed by atoms with E-state index in [9.17, 15) is 18.0 Å². The van der Waals surface area contributed by atoms with Gasteiger partial charge < -0.3 is 19.1 Å². The Morgan fingerprint density at radius 2 is 1.86 bits per heavy atom. The van der Waals surface area contributed by atoms with Crippen LogP contribution in [0.1, 0.15) is 43.0 Å². The van der Waals surface area contributed by atoms with E-state index in [2.05, 4.69) is 9.72 Å². The van der Waals surface area contributed by atoms with E-state index in [1.165, 1.54) is 12.1 Å². The molecule has 1 heterocycles. The molecule has 6 nitrogen and oxygen atoms in total. The Hall–Kier alpha value is -3.49. The summed E-state index contributed by atoms with van der Waals surface area (Å²) in [4.78, 5) is 15.3. The maximum Gasteiger partial charge on any atom is 0.573 e. The summed E-state index contributed by atoms with van der Waals surface area (Å²) >= 11 is 0. The summed E-state index contributed by atoms with van der Waals surface area (Å²) in [5.74, 6) is 0.347. The zero-order chi connectivity index (χ0) is 25.6. The number of nitrogens with zero attached hydrogens (tertiary/aromatic N) is 2. The van der Waals surface area contributed by atoms with Crippen molar-refractivity contribution < 1.29 is 32.5 Å². The summed E-state index contributed by atoms with van der Waals surface area (Å²) in [6.07, 6.45) is -1.39. The summed E-state index contributed by atoms with van der Waals surface area (Å²) in [6.45, 7) is 6.75. The van der Waals surface area contributed by atoms with Gasteiger partial charge in [-0.15, -0.1) is 13.2 Å². The number of alkyl halides is 3. The van der Waals surface area contributed by atoms with Gasteiger partial charge in [-0.05, 0) is 62.9 Å². The van der Waals surface area contributed by atoms with Crippen molar-refractivity contribution in [2.24, 2.45) is 5.92 Å². The molecular formula is C26H29F3N2O4. The third-order valence-corrected chi connectivity index (χ3v) is 5.57. The minimum absolute atomic E-state index is 0.0812. The number of carbonyl (C=O) groups is 1. The summed E-state index contributed by atoms with van der Waals surface area (Å²) in [5, 5.41) is 8.90. The highest BCUT2D eigenvalue weighted by molar-refractivity contribution is 5.66. The molecule has 0 unspecified atom stereocenters. The fourth-order valence-corrected chi connectivity index (χ4v) is 3.85. The van der Waals surface area contributed by atoms with Crippen molar-refractivity contribution in [2.45, 2.75) is 52.9 Å². The van der Waals surface area contributed by atoms with Gasteiger partial charge in [-0.25, -0.2) is 4.98 Å². The molecular weight excluding hydrogens is 461 g/mol. The molecule has 0 saturated carbocycles. The normalized spacial score (nSPS) is 12.4. The molecule has 35 heavy (non-hydrogen) atoms. The van der Waals surface area contributed by atoms with Gasteiger partial charge in [-0.2, -0.15) is 0 Å². The van der Waals surface area contributed by atoms with E-state index in [-0.39, 0.29) is 18.1 Å². The molecule has 0 saturated heterocycles. The van der Waals surface area contributed by atoms with Crippen LogP contribution in [0.3, 0.4) is 0 Å². The zero-order valence-electron chi connectivity index (χ0n) is 19.9. The lowest BCUT2D eigenvalue weighted by molar-refractivity contribution is -0.274. The zero-order valence-corrected chi connectivity index (χ0v) is 19.9. The second-order valence-electron chi connectivity index (χ2n) is 8.69.